The molecule has 0 N–H and O–H groups in total. The summed E-state index contributed by atoms with van der Waals surface area (Å²) in [7, 11) is 0. The van der Waals surface area contributed by atoms with Crippen LogP contribution in [0.3, 0.4) is 0 Å². The Balaban J connectivity index is 1.74. The zero-order valence-corrected chi connectivity index (χ0v) is 10.9. The number of nitrogens with zero attached hydrogens (tertiary/aromatic N) is 2. The van der Waals surface area contributed by atoms with E-state index in [4.69, 9.17) is 4.74 Å². The molecule has 98 valence electrons. The van der Waals surface area contributed by atoms with Crippen LogP contribution in [0.15, 0.2) is 18.3 Å². The first-order valence-electron chi connectivity index (χ1n) is 6.58. The van der Waals surface area contributed by atoms with Gasteiger partial charge in [0.1, 0.15) is 18.1 Å². The maximum atomic E-state index is 11.1. The zero-order valence-electron chi connectivity index (χ0n) is 10.9. The van der Waals surface area contributed by atoms with Gasteiger partial charge in [-0.1, -0.05) is 6.42 Å². The van der Waals surface area contributed by atoms with Crippen molar-refractivity contribution in [3.63, 3.8) is 0 Å². The molecule has 0 bridgehead atoms. The summed E-state index contributed by atoms with van der Waals surface area (Å²) in [5, 5.41) is 0. The number of pyridine rings is 1. The number of aromatic nitrogens is 1. The van der Waals surface area contributed by atoms with Crippen molar-refractivity contribution in [3.8, 4) is 5.75 Å². The van der Waals surface area contributed by atoms with Crippen LogP contribution in [0, 0.1) is 0 Å². The van der Waals surface area contributed by atoms with Crippen molar-refractivity contribution in [1.82, 2.24) is 9.88 Å². The van der Waals surface area contributed by atoms with Gasteiger partial charge in [-0.25, -0.2) is 4.98 Å². The van der Waals surface area contributed by atoms with Crippen LogP contribution in [-0.2, 0) is 0 Å². The number of carbonyl (C=O) groups is 1. The van der Waals surface area contributed by atoms with Gasteiger partial charge < -0.3 is 4.74 Å². The van der Waals surface area contributed by atoms with Crippen molar-refractivity contribution in [1.29, 1.82) is 0 Å². The predicted molar refractivity (Wildman–Crippen MR) is 70.0 cm³/mol. The quantitative estimate of drug-likeness (QED) is 0.749. The van der Waals surface area contributed by atoms with Crippen molar-refractivity contribution in [3.05, 3.63) is 24.0 Å². The minimum absolute atomic E-state index is 0.0186. The highest BCUT2D eigenvalue weighted by Gasteiger charge is 2.09. The maximum Gasteiger partial charge on any atom is 0.178 e. The highest BCUT2D eigenvalue weighted by Crippen LogP contribution is 2.11. The van der Waals surface area contributed by atoms with Crippen molar-refractivity contribution in [2.45, 2.75) is 26.2 Å². The number of ketones is 1. The minimum atomic E-state index is -0.0186. The molecule has 4 nitrogen and oxygen atoms in total. The molecule has 18 heavy (non-hydrogen) atoms. The molecule has 4 heteroatoms. The summed E-state index contributed by atoms with van der Waals surface area (Å²) in [6, 6.07) is 3.51. The molecule has 1 saturated heterocycles. The van der Waals surface area contributed by atoms with Gasteiger partial charge >= 0.3 is 0 Å². The molecule has 0 spiro atoms. The molecule has 0 amide bonds. The van der Waals surface area contributed by atoms with Crippen molar-refractivity contribution in [2.75, 3.05) is 26.2 Å². The average molecular weight is 248 g/mol. The van der Waals surface area contributed by atoms with Gasteiger partial charge in [-0.3, -0.25) is 9.69 Å². The molecule has 1 aliphatic heterocycles. The van der Waals surface area contributed by atoms with Gasteiger partial charge in [-0.05, 0) is 38.1 Å². The molecule has 1 aliphatic rings. The Morgan fingerprint density at radius 3 is 2.72 bits per heavy atom. The molecule has 0 unspecified atom stereocenters. The summed E-state index contributed by atoms with van der Waals surface area (Å²) >= 11 is 0. The number of rotatable bonds is 5. The Bertz CT molecular complexity index is 383. The maximum absolute atomic E-state index is 11.1. The Morgan fingerprint density at radius 1 is 1.33 bits per heavy atom. The SMILES string of the molecule is CC(=O)c1ccc(OCCN2CCCCC2)cn1. The number of likely N-dealkylation sites (tertiary alicyclic amines) is 1. The molecule has 0 atom stereocenters. The van der Waals surface area contributed by atoms with E-state index in [1.165, 1.54) is 39.3 Å². The molecular formula is C14H20N2O2. The van der Waals surface area contributed by atoms with Crippen LogP contribution >= 0.6 is 0 Å². The lowest BCUT2D eigenvalue weighted by Crippen LogP contribution is -2.33. The fraction of sp³-hybridized carbons (Fsp3) is 0.571. The third-order valence-corrected chi connectivity index (χ3v) is 3.22. The highest BCUT2D eigenvalue weighted by molar-refractivity contribution is 5.92. The smallest absolute Gasteiger partial charge is 0.178 e. The lowest BCUT2D eigenvalue weighted by molar-refractivity contribution is 0.101. The Labute approximate surface area is 108 Å². The summed E-state index contributed by atoms with van der Waals surface area (Å²) in [6.07, 6.45) is 5.57. The Morgan fingerprint density at radius 2 is 2.11 bits per heavy atom. The molecule has 1 aromatic heterocycles. The van der Waals surface area contributed by atoms with Gasteiger partial charge in [0.2, 0.25) is 0 Å². The van der Waals surface area contributed by atoms with E-state index in [9.17, 15) is 4.79 Å². The van der Waals surface area contributed by atoms with E-state index in [0.717, 1.165) is 12.3 Å². The topological polar surface area (TPSA) is 42.4 Å². The number of hydrogen-bond acceptors (Lipinski definition) is 4. The number of piperidine rings is 1. The van der Waals surface area contributed by atoms with Crippen LogP contribution in [0.25, 0.3) is 0 Å². The van der Waals surface area contributed by atoms with E-state index in [1.54, 1.807) is 18.3 Å². The number of carbonyl (C=O) groups excluding carboxylic acids is 1. The van der Waals surface area contributed by atoms with Gasteiger partial charge in [0, 0.05) is 13.5 Å². The van der Waals surface area contributed by atoms with Crippen molar-refractivity contribution in [2.24, 2.45) is 0 Å². The number of Topliss-reactive ketones (excluding diaryl/α,β-unsaturated/α-hetero) is 1. The summed E-state index contributed by atoms with van der Waals surface area (Å²) in [4.78, 5) is 17.6. The van der Waals surface area contributed by atoms with E-state index in [-0.39, 0.29) is 5.78 Å². The Hall–Kier alpha value is -1.42. The lowest BCUT2D eigenvalue weighted by Gasteiger charge is -2.26. The summed E-state index contributed by atoms with van der Waals surface area (Å²) < 4.78 is 5.63. The van der Waals surface area contributed by atoms with Crippen LogP contribution in [-0.4, -0.2) is 41.9 Å². The summed E-state index contributed by atoms with van der Waals surface area (Å²) in [5.74, 6) is 0.715. The van der Waals surface area contributed by atoms with Gasteiger partial charge in [0.25, 0.3) is 0 Å². The van der Waals surface area contributed by atoms with Gasteiger partial charge in [0.05, 0.1) is 6.20 Å². The van der Waals surface area contributed by atoms with Crippen molar-refractivity contribution < 1.29 is 9.53 Å². The second-order valence-corrected chi connectivity index (χ2v) is 4.69. The van der Waals surface area contributed by atoms with E-state index >= 15 is 0 Å². The third-order valence-electron chi connectivity index (χ3n) is 3.22. The largest absolute Gasteiger partial charge is 0.491 e. The molecule has 1 aromatic rings. The third kappa shape index (κ3) is 3.81. The molecule has 2 rings (SSSR count). The van der Waals surface area contributed by atoms with Gasteiger partial charge in [-0.2, -0.15) is 0 Å². The standard InChI is InChI=1S/C14H20N2O2/c1-12(17)14-6-5-13(11-15-14)18-10-9-16-7-3-2-4-8-16/h5-6,11H,2-4,7-10H2,1H3. The minimum Gasteiger partial charge on any atom is -0.491 e. The lowest BCUT2D eigenvalue weighted by atomic mass is 10.1. The van der Waals surface area contributed by atoms with Gasteiger partial charge in [0.15, 0.2) is 5.78 Å². The highest BCUT2D eigenvalue weighted by atomic mass is 16.5. The van der Waals surface area contributed by atoms with Gasteiger partial charge in [-0.15, -0.1) is 0 Å². The monoisotopic (exact) mass is 248 g/mol. The van der Waals surface area contributed by atoms with Crippen LogP contribution < -0.4 is 4.74 Å². The molecule has 0 saturated carbocycles. The van der Waals surface area contributed by atoms with Crippen LogP contribution in [0.4, 0.5) is 0 Å². The molecule has 0 radical (unpaired) electrons. The molecule has 2 heterocycles. The molecule has 0 aromatic carbocycles. The fourth-order valence-electron chi connectivity index (χ4n) is 2.15. The van der Waals surface area contributed by atoms with Crippen LogP contribution in [0.1, 0.15) is 36.7 Å². The van der Waals surface area contributed by atoms with E-state index in [0.29, 0.717) is 12.3 Å². The molecular weight excluding hydrogens is 228 g/mol. The molecule has 1 fully saturated rings. The average Bonchev–Trinajstić information content (AvgIpc) is 2.40. The summed E-state index contributed by atoms with van der Waals surface area (Å²) in [6.45, 7) is 5.53. The predicted octanol–water partition coefficient (Wildman–Crippen LogP) is 2.15. The normalized spacial score (nSPS) is 16.5. The summed E-state index contributed by atoms with van der Waals surface area (Å²) in [5.41, 5.74) is 0.485. The second kappa shape index (κ2) is 6.50. The first-order chi connectivity index (χ1) is 8.75. The van der Waals surface area contributed by atoms with E-state index in [2.05, 4.69) is 9.88 Å². The van der Waals surface area contributed by atoms with E-state index in [1.807, 2.05) is 0 Å². The van der Waals surface area contributed by atoms with Crippen molar-refractivity contribution >= 4 is 5.78 Å². The van der Waals surface area contributed by atoms with E-state index < -0.39 is 0 Å². The second-order valence-electron chi connectivity index (χ2n) is 4.69. The zero-order chi connectivity index (χ0) is 12.8. The van der Waals surface area contributed by atoms with Crippen LogP contribution in [0.2, 0.25) is 0 Å². The Kier molecular flexibility index (Phi) is 4.70. The first kappa shape index (κ1) is 13.0. The van der Waals surface area contributed by atoms with Crippen LogP contribution in [0.5, 0.6) is 5.75 Å². The molecule has 0 aliphatic carbocycles. The number of ether oxygens (including phenoxy) is 1. The number of hydrogen-bond donors (Lipinski definition) is 0. The first-order valence-corrected chi connectivity index (χ1v) is 6.58. The fourth-order valence-corrected chi connectivity index (χ4v) is 2.15.